The summed E-state index contributed by atoms with van der Waals surface area (Å²) >= 11 is 5.23. The van der Waals surface area contributed by atoms with Gasteiger partial charge in [-0.3, -0.25) is 9.59 Å². The maximum atomic E-state index is 10.7. The Morgan fingerprint density at radius 3 is 2.92 bits per heavy atom. The zero-order valence-electron chi connectivity index (χ0n) is 6.70. The van der Waals surface area contributed by atoms with E-state index in [-0.39, 0.29) is 5.88 Å². The molecule has 0 saturated heterocycles. The lowest BCUT2D eigenvalue weighted by Crippen LogP contribution is -2.08. The number of hydrogen-bond acceptors (Lipinski definition) is 3. The van der Waals surface area contributed by atoms with Crippen LogP contribution in [0.5, 0.6) is 5.75 Å². The van der Waals surface area contributed by atoms with E-state index in [1.165, 1.54) is 6.07 Å². The van der Waals surface area contributed by atoms with Gasteiger partial charge in [0.15, 0.2) is 0 Å². The highest BCUT2D eigenvalue weighted by molar-refractivity contribution is 6.26. The lowest BCUT2D eigenvalue weighted by atomic mass is 10.2. The molecule has 0 amide bonds. The van der Waals surface area contributed by atoms with Gasteiger partial charge in [0.1, 0.15) is 17.9 Å². The SMILES string of the molecule is O=Cc1cccc(OC(=O)CCl)c1. The van der Waals surface area contributed by atoms with Gasteiger partial charge < -0.3 is 4.74 Å². The normalized spacial score (nSPS) is 9.31. The summed E-state index contributed by atoms with van der Waals surface area (Å²) in [6.07, 6.45) is 0.679. The Morgan fingerprint density at radius 2 is 2.31 bits per heavy atom. The third kappa shape index (κ3) is 2.87. The molecular formula is C9H7ClO3. The van der Waals surface area contributed by atoms with Crippen LogP contribution in [0.1, 0.15) is 10.4 Å². The number of halogens is 1. The lowest BCUT2D eigenvalue weighted by Gasteiger charge is -2.01. The third-order valence-corrected chi connectivity index (χ3v) is 1.55. The topological polar surface area (TPSA) is 43.4 Å². The first kappa shape index (κ1) is 9.74. The third-order valence-electron chi connectivity index (χ3n) is 1.33. The molecule has 13 heavy (non-hydrogen) atoms. The molecule has 1 aromatic rings. The van der Waals surface area contributed by atoms with Gasteiger partial charge in [-0.1, -0.05) is 12.1 Å². The Hall–Kier alpha value is -1.35. The Balaban J connectivity index is 2.77. The van der Waals surface area contributed by atoms with Gasteiger partial charge in [-0.2, -0.15) is 0 Å². The minimum absolute atomic E-state index is 0.203. The van der Waals surface area contributed by atoms with Crippen molar-refractivity contribution in [3.8, 4) is 5.75 Å². The highest BCUT2D eigenvalue weighted by atomic mass is 35.5. The average molecular weight is 199 g/mol. The molecule has 0 aliphatic carbocycles. The van der Waals surface area contributed by atoms with Crippen LogP contribution >= 0.6 is 11.6 Å². The van der Waals surface area contributed by atoms with Gasteiger partial charge in [0.25, 0.3) is 0 Å². The molecule has 0 aliphatic rings. The van der Waals surface area contributed by atoms with E-state index in [1.54, 1.807) is 18.2 Å². The molecule has 0 aliphatic heterocycles. The van der Waals surface area contributed by atoms with E-state index >= 15 is 0 Å². The molecular weight excluding hydrogens is 192 g/mol. The highest BCUT2D eigenvalue weighted by Crippen LogP contribution is 2.12. The Labute approximate surface area is 80.3 Å². The van der Waals surface area contributed by atoms with Crippen LogP contribution in [0, 0.1) is 0 Å². The molecule has 3 nitrogen and oxygen atoms in total. The van der Waals surface area contributed by atoms with E-state index in [4.69, 9.17) is 16.3 Å². The van der Waals surface area contributed by atoms with Gasteiger partial charge in [-0.15, -0.1) is 11.6 Å². The van der Waals surface area contributed by atoms with Crippen molar-refractivity contribution in [3.63, 3.8) is 0 Å². The zero-order chi connectivity index (χ0) is 9.68. The fourth-order valence-corrected chi connectivity index (χ4v) is 0.865. The molecule has 0 aromatic heterocycles. The maximum absolute atomic E-state index is 10.7. The van der Waals surface area contributed by atoms with E-state index < -0.39 is 5.97 Å². The number of rotatable bonds is 3. The molecule has 0 spiro atoms. The van der Waals surface area contributed by atoms with Gasteiger partial charge >= 0.3 is 5.97 Å². The van der Waals surface area contributed by atoms with Gasteiger partial charge in [0.2, 0.25) is 0 Å². The lowest BCUT2D eigenvalue weighted by molar-refractivity contribution is -0.131. The maximum Gasteiger partial charge on any atom is 0.326 e. The fraction of sp³-hybridized carbons (Fsp3) is 0.111. The van der Waals surface area contributed by atoms with Gasteiger partial charge in [0.05, 0.1) is 0 Å². The zero-order valence-corrected chi connectivity index (χ0v) is 7.45. The number of ether oxygens (including phenoxy) is 1. The van der Waals surface area contributed by atoms with Crippen molar-refractivity contribution < 1.29 is 14.3 Å². The van der Waals surface area contributed by atoms with Crippen LogP contribution in [-0.4, -0.2) is 18.1 Å². The van der Waals surface area contributed by atoms with Crippen LogP contribution in [-0.2, 0) is 4.79 Å². The summed E-state index contributed by atoms with van der Waals surface area (Å²) in [7, 11) is 0. The molecule has 0 atom stereocenters. The molecule has 1 rings (SSSR count). The largest absolute Gasteiger partial charge is 0.426 e. The van der Waals surface area contributed by atoms with Crippen molar-refractivity contribution in [1.29, 1.82) is 0 Å². The summed E-state index contributed by atoms with van der Waals surface area (Å²) in [5.41, 5.74) is 0.458. The summed E-state index contributed by atoms with van der Waals surface area (Å²) in [6.45, 7) is 0. The Morgan fingerprint density at radius 1 is 1.54 bits per heavy atom. The molecule has 4 heteroatoms. The molecule has 0 fully saturated rings. The first-order chi connectivity index (χ1) is 6.26. The summed E-state index contributed by atoms with van der Waals surface area (Å²) in [5, 5.41) is 0. The van der Waals surface area contributed by atoms with E-state index in [2.05, 4.69) is 0 Å². The number of hydrogen-bond donors (Lipinski definition) is 0. The highest BCUT2D eigenvalue weighted by Gasteiger charge is 2.02. The number of alkyl halides is 1. The number of esters is 1. The minimum Gasteiger partial charge on any atom is -0.426 e. The van der Waals surface area contributed by atoms with Crippen LogP contribution in [0.2, 0.25) is 0 Å². The molecule has 0 bridgehead atoms. The van der Waals surface area contributed by atoms with Crippen LogP contribution < -0.4 is 4.74 Å². The van der Waals surface area contributed by atoms with Gasteiger partial charge in [-0.05, 0) is 12.1 Å². The number of benzene rings is 1. The predicted molar refractivity (Wildman–Crippen MR) is 48.2 cm³/mol. The number of carbonyl (C=O) groups is 2. The van der Waals surface area contributed by atoms with Gasteiger partial charge in [-0.25, -0.2) is 0 Å². The van der Waals surface area contributed by atoms with E-state index in [0.29, 0.717) is 17.6 Å². The fourth-order valence-electron chi connectivity index (χ4n) is 0.810. The van der Waals surface area contributed by atoms with Crippen LogP contribution in [0.25, 0.3) is 0 Å². The molecule has 0 unspecified atom stereocenters. The van der Waals surface area contributed by atoms with Gasteiger partial charge in [0, 0.05) is 5.56 Å². The standard InChI is InChI=1S/C9H7ClO3/c10-5-9(12)13-8-3-1-2-7(4-8)6-11/h1-4,6H,5H2. The first-order valence-electron chi connectivity index (χ1n) is 3.58. The first-order valence-corrected chi connectivity index (χ1v) is 4.11. The summed E-state index contributed by atoms with van der Waals surface area (Å²) in [6, 6.07) is 6.29. The van der Waals surface area contributed by atoms with Crippen molar-refractivity contribution in [3.05, 3.63) is 29.8 Å². The summed E-state index contributed by atoms with van der Waals surface area (Å²) in [5.74, 6) is -0.411. The second-order valence-electron chi connectivity index (χ2n) is 2.30. The molecule has 0 heterocycles. The summed E-state index contributed by atoms with van der Waals surface area (Å²) < 4.78 is 4.78. The molecule has 0 N–H and O–H groups in total. The summed E-state index contributed by atoms with van der Waals surface area (Å²) in [4.78, 5) is 21.1. The van der Waals surface area contributed by atoms with Crippen LogP contribution in [0.4, 0.5) is 0 Å². The van der Waals surface area contributed by atoms with E-state index in [0.717, 1.165) is 0 Å². The average Bonchev–Trinajstić information content (AvgIpc) is 2.18. The van der Waals surface area contributed by atoms with E-state index in [9.17, 15) is 9.59 Å². The Kier molecular flexibility index (Phi) is 3.46. The predicted octanol–water partition coefficient (Wildman–Crippen LogP) is 1.64. The minimum atomic E-state index is -0.537. The van der Waals surface area contributed by atoms with Crippen molar-refractivity contribution in [2.24, 2.45) is 0 Å². The molecule has 0 radical (unpaired) electrons. The quantitative estimate of drug-likeness (QED) is 0.321. The van der Waals surface area contributed by atoms with Crippen molar-refractivity contribution in [2.45, 2.75) is 0 Å². The van der Waals surface area contributed by atoms with Crippen molar-refractivity contribution in [1.82, 2.24) is 0 Å². The second kappa shape index (κ2) is 4.62. The molecule has 68 valence electrons. The second-order valence-corrected chi connectivity index (χ2v) is 2.57. The molecule has 0 saturated carbocycles. The van der Waals surface area contributed by atoms with Crippen molar-refractivity contribution in [2.75, 3.05) is 5.88 Å². The van der Waals surface area contributed by atoms with Crippen LogP contribution in [0.3, 0.4) is 0 Å². The number of carbonyl (C=O) groups excluding carboxylic acids is 2. The van der Waals surface area contributed by atoms with E-state index in [1.807, 2.05) is 0 Å². The Bertz CT molecular complexity index is 322. The number of aldehydes is 1. The monoisotopic (exact) mass is 198 g/mol. The molecule has 1 aromatic carbocycles. The van der Waals surface area contributed by atoms with Crippen LogP contribution in [0.15, 0.2) is 24.3 Å². The smallest absolute Gasteiger partial charge is 0.326 e. The van der Waals surface area contributed by atoms with Crippen molar-refractivity contribution >= 4 is 23.9 Å².